The number of thioether (sulfide) groups is 1. The number of para-hydroxylation sites is 2. The van der Waals surface area contributed by atoms with Crippen molar-refractivity contribution in [2.75, 3.05) is 16.0 Å². The second-order valence-electron chi connectivity index (χ2n) is 8.44. The van der Waals surface area contributed by atoms with Crippen LogP contribution in [0, 0.1) is 6.92 Å². The van der Waals surface area contributed by atoms with E-state index in [1.807, 2.05) is 79.1 Å². The summed E-state index contributed by atoms with van der Waals surface area (Å²) in [6.45, 7) is 4.34. The predicted octanol–water partition coefficient (Wildman–Crippen LogP) is 4.75. The SMILES string of the molecule is Cc1occc1-c1nnc(SCC(=O)N2c3ccccc3NC(=O)C[C@@H]2C)n1Cc1ccccc1. The number of aryl methyl sites for hydroxylation is 1. The number of anilines is 2. The summed E-state index contributed by atoms with van der Waals surface area (Å²) in [5.74, 6) is 1.41. The maximum Gasteiger partial charge on any atom is 0.237 e. The molecule has 0 radical (unpaired) electrons. The van der Waals surface area contributed by atoms with Crippen LogP contribution in [0.5, 0.6) is 0 Å². The summed E-state index contributed by atoms with van der Waals surface area (Å²) in [7, 11) is 0. The molecule has 3 heterocycles. The Hall–Kier alpha value is -3.85. The molecule has 0 saturated carbocycles. The maximum absolute atomic E-state index is 13.5. The molecular weight excluding hydrogens is 462 g/mol. The highest BCUT2D eigenvalue weighted by Gasteiger charge is 2.30. The third-order valence-corrected chi connectivity index (χ3v) is 6.90. The molecule has 0 unspecified atom stereocenters. The number of benzene rings is 2. The fourth-order valence-corrected chi connectivity index (χ4v) is 5.08. The molecule has 1 atom stereocenters. The molecule has 1 aliphatic rings. The lowest BCUT2D eigenvalue weighted by Crippen LogP contribution is -2.40. The quantitative estimate of drug-likeness (QED) is 0.395. The van der Waals surface area contributed by atoms with Gasteiger partial charge in [0.05, 0.1) is 35.5 Å². The number of carbonyl (C=O) groups is 2. The third-order valence-electron chi connectivity index (χ3n) is 5.95. The highest BCUT2D eigenvalue weighted by atomic mass is 32.2. The molecule has 2 aromatic carbocycles. The van der Waals surface area contributed by atoms with E-state index in [1.54, 1.807) is 11.2 Å². The van der Waals surface area contributed by atoms with E-state index in [4.69, 9.17) is 4.42 Å². The van der Waals surface area contributed by atoms with Crippen molar-refractivity contribution in [3.05, 3.63) is 78.3 Å². The van der Waals surface area contributed by atoms with Crippen molar-refractivity contribution in [1.29, 1.82) is 0 Å². The van der Waals surface area contributed by atoms with Gasteiger partial charge < -0.3 is 14.6 Å². The Morgan fingerprint density at radius 1 is 1.11 bits per heavy atom. The van der Waals surface area contributed by atoms with Gasteiger partial charge in [-0.15, -0.1) is 10.2 Å². The Morgan fingerprint density at radius 3 is 2.66 bits per heavy atom. The molecule has 35 heavy (non-hydrogen) atoms. The third kappa shape index (κ3) is 4.72. The molecule has 0 saturated heterocycles. The summed E-state index contributed by atoms with van der Waals surface area (Å²) in [5, 5.41) is 12.4. The predicted molar refractivity (Wildman–Crippen MR) is 135 cm³/mol. The van der Waals surface area contributed by atoms with Crippen molar-refractivity contribution in [1.82, 2.24) is 14.8 Å². The van der Waals surface area contributed by atoms with Crippen LogP contribution < -0.4 is 10.2 Å². The molecule has 178 valence electrons. The van der Waals surface area contributed by atoms with E-state index >= 15 is 0 Å². The van der Waals surface area contributed by atoms with Crippen LogP contribution in [-0.4, -0.2) is 38.4 Å². The average Bonchev–Trinajstić information content (AvgIpc) is 3.41. The van der Waals surface area contributed by atoms with Crippen LogP contribution in [0.15, 0.2) is 76.5 Å². The van der Waals surface area contributed by atoms with Crippen molar-refractivity contribution in [3.8, 4) is 11.4 Å². The molecule has 0 fully saturated rings. The van der Waals surface area contributed by atoms with Gasteiger partial charge in [0.1, 0.15) is 5.76 Å². The van der Waals surface area contributed by atoms with Gasteiger partial charge >= 0.3 is 0 Å². The number of hydrogen-bond acceptors (Lipinski definition) is 6. The molecule has 2 aromatic heterocycles. The van der Waals surface area contributed by atoms with Gasteiger partial charge in [-0.25, -0.2) is 0 Å². The van der Waals surface area contributed by atoms with Gasteiger partial charge in [0.15, 0.2) is 11.0 Å². The molecule has 1 N–H and O–H groups in total. The Bertz CT molecular complexity index is 1360. The molecular formula is C26H25N5O3S. The summed E-state index contributed by atoms with van der Waals surface area (Å²) in [6, 6.07) is 19.1. The van der Waals surface area contributed by atoms with Gasteiger partial charge in [0.2, 0.25) is 11.8 Å². The summed E-state index contributed by atoms with van der Waals surface area (Å²) < 4.78 is 7.50. The molecule has 1 aliphatic heterocycles. The standard InChI is InChI=1S/C26H25N5O3S/c1-17-14-23(32)27-21-10-6-7-11-22(21)31(17)24(33)16-35-26-29-28-25(20-12-13-34-18(20)2)30(26)15-19-8-4-3-5-9-19/h3-13,17H,14-16H2,1-2H3,(H,27,32)/t17-/m0/s1. The molecule has 0 bridgehead atoms. The smallest absolute Gasteiger partial charge is 0.237 e. The van der Waals surface area contributed by atoms with Crippen LogP contribution in [0.25, 0.3) is 11.4 Å². The highest BCUT2D eigenvalue weighted by Crippen LogP contribution is 2.33. The minimum Gasteiger partial charge on any atom is -0.469 e. The summed E-state index contributed by atoms with van der Waals surface area (Å²) in [4.78, 5) is 27.4. The average molecular weight is 488 g/mol. The number of furan rings is 1. The highest BCUT2D eigenvalue weighted by molar-refractivity contribution is 7.99. The number of aromatic nitrogens is 3. The minimum atomic E-state index is -0.266. The van der Waals surface area contributed by atoms with Crippen LogP contribution in [0.4, 0.5) is 11.4 Å². The molecule has 0 aliphatic carbocycles. The van der Waals surface area contributed by atoms with Crippen LogP contribution >= 0.6 is 11.8 Å². The molecule has 0 spiro atoms. The number of rotatable bonds is 6. The van der Waals surface area contributed by atoms with Crippen molar-refractivity contribution >= 4 is 35.0 Å². The van der Waals surface area contributed by atoms with Crippen LogP contribution in [-0.2, 0) is 16.1 Å². The summed E-state index contributed by atoms with van der Waals surface area (Å²) in [5.41, 5.74) is 3.32. The topological polar surface area (TPSA) is 93.3 Å². The summed E-state index contributed by atoms with van der Waals surface area (Å²) >= 11 is 1.34. The van der Waals surface area contributed by atoms with Gasteiger partial charge in [-0.1, -0.05) is 54.2 Å². The molecule has 9 heteroatoms. The van der Waals surface area contributed by atoms with Crippen molar-refractivity contribution in [2.45, 2.75) is 38.0 Å². The van der Waals surface area contributed by atoms with E-state index in [-0.39, 0.29) is 30.0 Å². The molecule has 4 aromatic rings. The number of nitrogens with one attached hydrogen (secondary N) is 1. The monoisotopic (exact) mass is 487 g/mol. The zero-order chi connectivity index (χ0) is 24.4. The Balaban J connectivity index is 1.43. The first-order chi connectivity index (χ1) is 17.0. The van der Waals surface area contributed by atoms with E-state index in [0.29, 0.717) is 28.9 Å². The zero-order valence-corrected chi connectivity index (χ0v) is 20.3. The fraction of sp³-hybridized carbons (Fsp3) is 0.231. The first kappa shape index (κ1) is 22.9. The van der Waals surface area contributed by atoms with Crippen molar-refractivity contribution < 1.29 is 14.0 Å². The van der Waals surface area contributed by atoms with Gasteiger partial charge in [0.25, 0.3) is 0 Å². The molecule has 2 amide bonds. The number of carbonyl (C=O) groups excluding carboxylic acids is 2. The Morgan fingerprint density at radius 2 is 1.89 bits per heavy atom. The number of hydrogen-bond donors (Lipinski definition) is 1. The molecule has 8 nitrogen and oxygen atoms in total. The zero-order valence-electron chi connectivity index (χ0n) is 19.5. The van der Waals surface area contributed by atoms with E-state index in [1.165, 1.54) is 11.8 Å². The van der Waals surface area contributed by atoms with E-state index in [2.05, 4.69) is 15.5 Å². The first-order valence-corrected chi connectivity index (χ1v) is 12.3. The van der Waals surface area contributed by atoms with Gasteiger partial charge in [-0.05, 0) is 37.6 Å². The lowest BCUT2D eigenvalue weighted by atomic mass is 10.2. The number of fused-ring (bicyclic) bond motifs is 1. The Kier molecular flexibility index (Phi) is 6.41. The lowest BCUT2D eigenvalue weighted by molar-refractivity contribution is -0.117. The van der Waals surface area contributed by atoms with Crippen LogP contribution in [0.2, 0.25) is 0 Å². The Labute approximate surface area is 207 Å². The summed E-state index contributed by atoms with van der Waals surface area (Å²) in [6.07, 6.45) is 1.87. The van der Waals surface area contributed by atoms with Gasteiger partial charge in [-0.2, -0.15) is 0 Å². The van der Waals surface area contributed by atoms with E-state index in [9.17, 15) is 9.59 Å². The maximum atomic E-state index is 13.5. The largest absolute Gasteiger partial charge is 0.469 e. The second-order valence-corrected chi connectivity index (χ2v) is 9.38. The minimum absolute atomic E-state index is 0.0956. The fourth-order valence-electron chi connectivity index (χ4n) is 4.28. The van der Waals surface area contributed by atoms with Crippen LogP contribution in [0.3, 0.4) is 0 Å². The van der Waals surface area contributed by atoms with Crippen molar-refractivity contribution in [2.24, 2.45) is 0 Å². The van der Waals surface area contributed by atoms with Crippen molar-refractivity contribution in [3.63, 3.8) is 0 Å². The van der Waals surface area contributed by atoms with E-state index in [0.717, 1.165) is 16.9 Å². The van der Waals surface area contributed by atoms with Gasteiger partial charge in [0, 0.05) is 12.5 Å². The first-order valence-electron chi connectivity index (χ1n) is 11.4. The molecule has 5 rings (SSSR count). The van der Waals surface area contributed by atoms with Gasteiger partial charge in [-0.3, -0.25) is 14.2 Å². The second kappa shape index (κ2) is 9.79. The van der Waals surface area contributed by atoms with Crippen LogP contribution in [0.1, 0.15) is 24.7 Å². The normalized spacial score (nSPS) is 15.4. The number of nitrogens with zero attached hydrogens (tertiary/aromatic N) is 4. The van der Waals surface area contributed by atoms with E-state index < -0.39 is 0 Å². The lowest BCUT2D eigenvalue weighted by Gasteiger charge is -2.27. The number of amides is 2.